The first kappa shape index (κ1) is 13.3. The molecule has 3 atom stereocenters. The summed E-state index contributed by atoms with van der Waals surface area (Å²) in [5.74, 6) is 1.94. The molecule has 0 amide bonds. The summed E-state index contributed by atoms with van der Waals surface area (Å²) in [6.45, 7) is 6.49. The Bertz CT molecular complexity index is 160. The van der Waals surface area contributed by atoms with Crippen molar-refractivity contribution >= 4 is 11.8 Å². The van der Waals surface area contributed by atoms with Crippen molar-refractivity contribution in [1.29, 1.82) is 0 Å². The van der Waals surface area contributed by atoms with Crippen LogP contribution in [0, 0.1) is 5.92 Å². The molecule has 1 rings (SSSR count). The van der Waals surface area contributed by atoms with Crippen LogP contribution in [-0.4, -0.2) is 37.3 Å². The minimum atomic E-state index is 0.629. The van der Waals surface area contributed by atoms with Crippen molar-refractivity contribution in [2.75, 3.05) is 26.0 Å². The van der Waals surface area contributed by atoms with Crippen molar-refractivity contribution in [3.63, 3.8) is 0 Å². The molecule has 1 fully saturated rings. The second kappa shape index (κ2) is 7.53. The first-order chi connectivity index (χ1) is 7.27. The third-order valence-corrected chi connectivity index (χ3v) is 4.72. The van der Waals surface area contributed by atoms with Gasteiger partial charge in [-0.05, 0) is 32.2 Å². The molecule has 0 bridgehead atoms. The van der Waals surface area contributed by atoms with Gasteiger partial charge in [0.25, 0.3) is 0 Å². The van der Waals surface area contributed by atoms with Crippen LogP contribution in [0.3, 0.4) is 0 Å². The molecule has 0 aliphatic carbocycles. The predicted octanol–water partition coefficient (Wildman–Crippen LogP) is 2.53. The van der Waals surface area contributed by atoms with E-state index in [4.69, 9.17) is 4.74 Å². The van der Waals surface area contributed by atoms with Crippen molar-refractivity contribution in [2.24, 2.45) is 5.92 Å². The molecule has 3 unspecified atom stereocenters. The van der Waals surface area contributed by atoms with Gasteiger partial charge in [-0.1, -0.05) is 13.8 Å². The monoisotopic (exact) mass is 231 g/mol. The van der Waals surface area contributed by atoms with Gasteiger partial charge < -0.3 is 10.1 Å². The van der Waals surface area contributed by atoms with Crippen LogP contribution >= 0.6 is 11.8 Å². The van der Waals surface area contributed by atoms with Crippen LogP contribution in [0.15, 0.2) is 0 Å². The highest BCUT2D eigenvalue weighted by atomic mass is 32.2. The molecule has 1 saturated heterocycles. The number of rotatable bonds is 6. The first-order valence-electron chi connectivity index (χ1n) is 6.14. The molecular weight excluding hydrogens is 206 g/mol. The lowest BCUT2D eigenvalue weighted by molar-refractivity contribution is 0.0437. The molecule has 15 heavy (non-hydrogen) atoms. The van der Waals surface area contributed by atoms with E-state index in [9.17, 15) is 0 Å². The Balaban J connectivity index is 2.27. The summed E-state index contributed by atoms with van der Waals surface area (Å²) in [6.07, 6.45) is 3.83. The zero-order valence-electron chi connectivity index (χ0n) is 10.3. The van der Waals surface area contributed by atoms with Gasteiger partial charge >= 0.3 is 0 Å². The first-order valence-corrected chi connectivity index (χ1v) is 7.19. The van der Waals surface area contributed by atoms with Crippen molar-refractivity contribution in [3.05, 3.63) is 0 Å². The Morgan fingerprint density at radius 1 is 1.53 bits per heavy atom. The van der Waals surface area contributed by atoms with E-state index in [0.717, 1.165) is 24.4 Å². The second-order valence-electron chi connectivity index (χ2n) is 4.42. The van der Waals surface area contributed by atoms with Crippen LogP contribution in [0.1, 0.15) is 33.1 Å². The van der Waals surface area contributed by atoms with Crippen molar-refractivity contribution in [1.82, 2.24) is 5.32 Å². The molecule has 3 heteroatoms. The molecule has 0 saturated carbocycles. The highest BCUT2D eigenvalue weighted by molar-refractivity contribution is 7.99. The highest BCUT2D eigenvalue weighted by Crippen LogP contribution is 2.22. The van der Waals surface area contributed by atoms with Gasteiger partial charge in [-0.15, -0.1) is 0 Å². The number of hydrogen-bond acceptors (Lipinski definition) is 3. The van der Waals surface area contributed by atoms with Crippen LogP contribution in [-0.2, 0) is 4.74 Å². The molecule has 0 aromatic carbocycles. The fraction of sp³-hybridized carbons (Fsp3) is 1.00. The molecule has 1 N–H and O–H groups in total. The van der Waals surface area contributed by atoms with Gasteiger partial charge in [0, 0.05) is 23.7 Å². The number of hydrogen-bond donors (Lipinski definition) is 1. The van der Waals surface area contributed by atoms with Gasteiger partial charge in [-0.25, -0.2) is 0 Å². The third kappa shape index (κ3) is 4.75. The topological polar surface area (TPSA) is 21.3 Å². The predicted molar refractivity (Wildman–Crippen MR) is 68.6 cm³/mol. The average molecular weight is 231 g/mol. The van der Waals surface area contributed by atoms with Crippen molar-refractivity contribution < 1.29 is 4.74 Å². The van der Waals surface area contributed by atoms with E-state index in [2.05, 4.69) is 38.0 Å². The molecule has 1 aliphatic heterocycles. The summed E-state index contributed by atoms with van der Waals surface area (Å²) < 4.78 is 5.55. The molecule has 1 heterocycles. The van der Waals surface area contributed by atoms with E-state index >= 15 is 0 Å². The maximum Gasteiger partial charge on any atom is 0.0509 e. The van der Waals surface area contributed by atoms with Gasteiger partial charge in [-0.3, -0.25) is 0 Å². The van der Waals surface area contributed by atoms with Gasteiger partial charge in [0.2, 0.25) is 0 Å². The molecule has 1 aliphatic rings. The third-order valence-electron chi connectivity index (χ3n) is 3.27. The van der Waals surface area contributed by atoms with E-state index in [0.29, 0.717) is 6.04 Å². The number of ether oxygens (including phenoxy) is 1. The van der Waals surface area contributed by atoms with Gasteiger partial charge in [-0.2, -0.15) is 11.8 Å². The minimum Gasteiger partial charge on any atom is -0.381 e. The Morgan fingerprint density at radius 3 is 2.87 bits per heavy atom. The van der Waals surface area contributed by atoms with E-state index in [1.807, 2.05) is 0 Å². The molecule has 2 nitrogen and oxygen atoms in total. The summed E-state index contributed by atoms with van der Waals surface area (Å²) >= 11 is 2.08. The summed E-state index contributed by atoms with van der Waals surface area (Å²) in [6, 6.07) is 0.629. The minimum absolute atomic E-state index is 0.629. The maximum absolute atomic E-state index is 5.55. The highest BCUT2D eigenvalue weighted by Gasteiger charge is 2.23. The summed E-state index contributed by atoms with van der Waals surface area (Å²) in [4.78, 5) is 0. The zero-order chi connectivity index (χ0) is 11.1. The molecule has 0 radical (unpaired) electrons. The normalized spacial score (nSPS) is 26.2. The average Bonchev–Trinajstić information content (AvgIpc) is 2.31. The number of nitrogens with one attached hydrogen (secondary N) is 1. The SMILES string of the molecule is CCC(C)SCC(NC)C1CCCOC1. The number of thioether (sulfide) groups is 1. The lowest BCUT2D eigenvalue weighted by atomic mass is 9.95. The van der Waals surface area contributed by atoms with E-state index in [1.54, 1.807) is 0 Å². The molecule has 0 spiro atoms. The zero-order valence-corrected chi connectivity index (χ0v) is 11.1. The summed E-state index contributed by atoms with van der Waals surface area (Å²) in [7, 11) is 2.08. The lowest BCUT2D eigenvalue weighted by Gasteiger charge is -2.30. The summed E-state index contributed by atoms with van der Waals surface area (Å²) in [5.41, 5.74) is 0. The molecule has 90 valence electrons. The quantitative estimate of drug-likeness (QED) is 0.759. The molecule has 0 aromatic rings. The van der Waals surface area contributed by atoms with E-state index in [-0.39, 0.29) is 0 Å². The van der Waals surface area contributed by atoms with Crippen LogP contribution in [0.2, 0.25) is 0 Å². The van der Waals surface area contributed by atoms with E-state index in [1.165, 1.54) is 25.0 Å². The molecule has 0 aromatic heterocycles. The van der Waals surface area contributed by atoms with Crippen molar-refractivity contribution in [3.8, 4) is 0 Å². The van der Waals surface area contributed by atoms with Crippen LogP contribution in [0.4, 0.5) is 0 Å². The Labute approximate surface area is 98.5 Å². The standard InChI is InChI=1S/C12H25NOS/c1-4-10(2)15-9-12(13-3)11-6-5-7-14-8-11/h10-13H,4-9H2,1-3H3. The van der Waals surface area contributed by atoms with Crippen LogP contribution in [0.25, 0.3) is 0 Å². The Morgan fingerprint density at radius 2 is 2.33 bits per heavy atom. The fourth-order valence-corrected chi connectivity index (χ4v) is 3.13. The Hall–Kier alpha value is 0.270. The maximum atomic E-state index is 5.55. The smallest absolute Gasteiger partial charge is 0.0509 e. The second-order valence-corrected chi connectivity index (χ2v) is 5.90. The lowest BCUT2D eigenvalue weighted by Crippen LogP contribution is -2.40. The van der Waals surface area contributed by atoms with Gasteiger partial charge in [0.05, 0.1) is 6.61 Å². The van der Waals surface area contributed by atoms with Gasteiger partial charge in [0.1, 0.15) is 0 Å². The largest absolute Gasteiger partial charge is 0.381 e. The molecular formula is C12H25NOS. The van der Waals surface area contributed by atoms with Crippen LogP contribution in [0.5, 0.6) is 0 Å². The fourth-order valence-electron chi connectivity index (χ4n) is 1.92. The van der Waals surface area contributed by atoms with Crippen molar-refractivity contribution in [2.45, 2.75) is 44.4 Å². The van der Waals surface area contributed by atoms with E-state index < -0.39 is 0 Å². The summed E-state index contributed by atoms with van der Waals surface area (Å²) in [5, 5.41) is 4.23. The van der Waals surface area contributed by atoms with Gasteiger partial charge in [0.15, 0.2) is 0 Å². The Kier molecular flexibility index (Phi) is 6.69. The van der Waals surface area contributed by atoms with Crippen LogP contribution < -0.4 is 5.32 Å².